The first-order valence-electron chi connectivity index (χ1n) is 8.97. The van der Waals surface area contributed by atoms with Crippen LogP contribution in [0.2, 0.25) is 0 Å². The molecule has 1 fully saturated rings. The quantitative estimate of drug-likeness (QED) is 0.489. The first-order chi connectivity index (χ1) is 13.1. The lowest BCUT2D eigenvalue weighted by molar-refractivity contribution is -0.140. The Morgan fingerprint density at radius 1 is 1.19 bits per heavy atom. The van der Waals surface area contributed by atoms with Gasteiger partial charge in [-0.3, -0.25) is 4.79 Å². The van der Waals surface area contributed by atoms with Crippen LogP contribution in [0.5, 0.6) is 0 Å². The minimum Gasteiger partial charge on any atom is -0.372 e. The standard InChI is InChI=1S/C20H21N3O2S2/c1-13-10-23(11-14(2)25-13)18(24)12-27-20-15-6-3-4-7-16(15)21-19(22-20)17-8-5-9-26-17/h3-9,13-14H,10-12H2,1-2H3/t13-,14+. The second kappa shape index (κ2) is 7.96. The molecule has 7 heteroatoms. The minimum absolute atomic E-state index is 0.0769. The number of ether oxygens (including phenoxy) is 1. The Hall–Kier alpha value is -1.96. The molecule has 0 bridgehead atoms. The van der Waals surface area contributed by atoms with Crippen molar-refractivity contribution in [3.05, 3.63) is 41.8 Å². The van der Waals surface area contributed by atoms with Crippen molar-refractivity contribution in [2.45, 2.75) is 31.1 Å². The van der Waals surface area contributed by atoms with Crippen molar-refractivity contribution >= 4 is 39.9 Å². The molecule has 0 N–H and O–H groups in total. The molecule has 1 aliphatic rings. The summed E-state index contributed by atoms with van der Waals surface area (Å²) in [6.45, 7) is 5.31. The van der Waals surface area contributed by atoms with Crippen molar-refractivity contribution in [2.24, 2.45) is 0 Å². The number of hydrogen-bond donors (Lipinski definition) is 0. The Labute approximate surface area is 166 Å². The molecule has 0 aliphatic carbocycles. The molecular weight excluding hydrogens is 378 g/mol. The number of fused-ring (bicyclic) bond motifs is 1. The molecule has 1 amide bonds. The van der Waals surface area contributed by atoms with Gasteiger partial charge >= 0.3 is 0 Å². The molecule has 1 saturated heterocycles. The van der Waals surface area contributed by atoms with E-state index in [2.05, 4.69) is 4.98 Å². The fourth-order valence-electron chi connectivity index (χ4n) is 3.28. The predicted molar refractivity (Wildman–Crippen MR) is 110 cm³/mol. The van der Waals surface area contributed by atoms with Gasteiger partial charge in [-0.2, -0.15) is 0 Å². The summed E-state index contributed by atoms with van der Waals surface area (Å²) in [5.41, 5.74) is 0.902. The zero-order valence-corrected chi connectivity index (χ0v) is 16.9. The Balaban J connectivity index is 1.57. The number of rotatable bonds is 4. The van der Waals surface area contributed by atoms with E-state index < -0.39 is 0 Å². The molecule has 1 aromatic carbocycles. The second-order valence-electron chi connectivity index (χ2n) is 6.69. The number of aromatic nitrogens is 2. The summed E-state index contributed by atoms with van der Waals surface area (Å²) in [5.74, 6) is 1.21. The number of nitrogens with zero attached hydrogens (tertiary/aromatic N) is 3. The maximum Gasteiger partial charge on any atom is 0.233 e. The van der Waals surface area contributed by atoms with Crippen LogP contribution in [0.1, 0.15) is 13.8 Å². The van der Waals surface area contributed by atoms with Crippen molar-refractivity contribution < 1.29 is 9.53 Å². The Kier molecular flexibility index (Phi) is 5.43. The van der Waals surface area contributed by atoms with Crippen LogP contribution in [0.3, 0.4) is 0 Å². The predicted octanol–water partition coefficient (Wildman–Crippen LogP) is 4.09. The highest BCUT2D eigenvalue weighted by Gasteiger charge is 2.26. The molecule has 0 radical (unpaired) electrons. The van der Waals surface area contributed by atoms with Crippen LogP contribution >= 0.6 is 23.1 Å². The van der Waals surface area contributed by atoms with E-state index in [1.54, 1.807) is 11.3 Å². The fraction of sp³-hybridized carbons (Fsp3) is 0.350. The summed E-state index contributed by atoms with van der Waals surface area (Å²) in [4.78, 5) is 25.1. The van der Waals surface area contributed by atoms with Crippen LogP contribution in [0.4, 0.5) is 0 Å². The van der Waals surface area contributed by atoms with Crippen molar-refractivity contribution in [1.29, 1.82) is 0 Å². The van der Waals surface area contributed by atoms with Crippen LogP contribution in [0.15, 0.2) is 46.8 Å². The highest BCUT2D eigenvalue weighted by atomic mass is 32.2. The van der Waals surface area contributed by atoms with Gasteiger partial charge in [0, 0.05) is 18.5 Å². The molecular formula is C20H21N3O2S2. The van der Waals surface area contributed by atoms with Crippen molar-refractivity contribution in [2.75, 3.05) is 18.8 Å². The molecule has 5 nitrogen and oxygen atoms in total. The van der Waals surface area contributed by atoms with Crippen molar-refractivity contribution in [3.8, 4) is 10.7 Å². The van der Waals surface area contributed by atoms with Crippen LogP contribution in [0, 0.1) is 0 Å². The van der Waals surface area contributed by atoms with E-state index in [4.69, 9.17) is 9.72 Å². The molecule has 27 heavy (non-hydrogen) atoms. The number of morpholine rings is 1. The lowest BCUT2D eigenvalue weighted by Gasteiger charge is -2.35. The highest BCUT2D eigenvalue weighted by Crippen LogP contribution is 2.30. The Bertz CT molecular complexity index is 936. The smallest absolute Gasteiger partial charge is 0.233 e. The van der Waals surface area contributed by atoms with Gasteiger partial charge in [0.1, 0.15) is 5.03 Å². The number of carbonyl (C=O) groups excluding carboxylic acids is 1. The average molecular weight is 400 g/mol. The topological polar surface area (TPSA) is 55.3 Å². The van der Waals surface area contributed by atoms with Crippen LogP contribution < -0.4 is 0 Å². The Morgan fingerprint density at radius 3 is 2.70 bits per heavy atom. The van der Waals surface area contributed by atoms with Gasteiger partial charge in [-0.25, -0.2) is 9.97 Å². The maximum absolute atomic E-state index is 12.7. The van der Waals surface area contributed by atoms with Gasteiger partial charge in [-0.1, -0.05) is 36.0 Å². The van der Waals surface area contributed by atoms with Crippen LogP contribution in [-0.2, 0) is 9.53 Å². The fourth-order valence-corrected chi connectivity index (χ4v) is 4.86. The molecule has 3 heterocycles. The zero-order valence-electron chi connectivity index (χ0n) is 15.3. The molecule has 0 saturated carbocycles. The van der Waals surface area contributed by atoms with E-state index in [1.165, 1.54) is 11.8 Å². The molecule has 4 rings (SSSR count). The maximum atomic E-state index is 12.7. The minimum atomic E-state index is 0.0769. The summed E-state index contributed by atoms with van der Waals surface area (Å²) in [6, 6.07) is 12.0. The lowest BCUT2D eigenvalue weighted by atomic mass is 10.2. The van der Waals surface area contributed by atoms with Gasteiger partial charge < -0.3 is 9.64 Å². The number of hydrogen-bond acceptors (Lipinski definition) is 6. The van der Waals surface area contributed by atoms with E-state index in [-0.39, 0.29) is 18.1 Å². The molecule has 1 aliphatic heterocycles. The number of para-hydroxylation sites is 1. The molecule has 140 valence electrons. The summed E-state index contributed by atoms with van der Waals surface area (Å²) < 4.78 is 5.72. The number of thioether (sulfide) groups is 1. The first-order valence-corrected chi connectivity index (χ1v) is 10.8. The highest BCUT2D eigenvalue weighted by molar-refractivity contribution is 8.00. The number of thiophene rings is 1. The van der Waals surface area contributed by atoms with Gasteiger partial charge in [0.25, 0.3) is 0 Å². The van der Waals surface area contributed by atoms with E-state index in [9.17, 15) is 4.79 Å². The van der Waals surface area contributed by atoms with E-state index in [1.807, 2.05) is 60.5 Å². The second-order valence-corrected chi connectivity index (χ2v) is 8.60. The average Bonchev–Trinajstić information content (AvgIpc) is 3.19. The third-order valence-corrected chi connectivity index (χ3v) is 6.26. The zero-order chi connectivity index (χ0) is 18.8. The third-order valence-electron chi connectivity index (χ3n) is 4.41. The number of carbonyl (C=O) groups is 1. The van der Waals surface area contributed by atoms with E-state index in [0.29, 0.717) is 24.7 Å². The number of amides is 1. The summed E-state index contributed by atoms with van der Waals surface area (Å²) in [5, 5.41) is 3.86. The van der Waals surface area contributed by atoms with Crippen molar-refractivity contribution in [3.63, 3.8) is 0 Å². The summed E-state index contributed by atoms with van der Waals surface area (Å²) >= 11 is 3.10. The van der Waals surface area contributed by atoms with Crippen LogP contribution in [-0.4, -0.2) is 51.8 Å². The van der Waals surface area contributed by atoms with Gasteiger partial charge in [0.05, 0.1) is 28.4 Å². The Morgan fingerprint density at radius 2 is 1.96 bits per heavy atom. The summed E-state index contributed by atoms with van der Waals surface area (Å²) in [7, 11) is 0. The van der Waals surface area contributed by atoms with Gasteiger partial charge in [0.15, 0.2) is 5.82 Å². The normalized spacial score (nSPS) is 20.1. The third kappa shape index (κ3) is 4.15. The lowest BCUT2D eigenvalue weighted by Crippen LogP contribution is -2.48. The number of benzene rings is 1. The monoisotopic (exact) mass is 399 g/mol. The van der Waals surface area contributed by atoms with Gasteiger partial charge in [-0.05, 0) is 31.4 Å². The largest absolute Gasteiger partial charge is 0.372 e. The molecule has 0 unspecified atom stereocenters. The molecule has 3 aromatic rings. The van der Waals surface area contributed by atoms with E-state index >= 15 is 0 Å². The van der Waals surface area contributed by atoms with Gasteiger partial charge in [-0.15, -0.1) is 11.3 Å². The summed E-state index contributed by atoms with van der Waals surface area (Å²) in [6.07, 6.45) is 0.154. The van der Waals surface area contributed by atoms with Gasteiger partial charge in [0.2, 0.25) is 5.91 Å². The molecule has 2 aromatic heterocycles. The van der Waals surface area contributed by atoms with Crippen LogP contribution in [0.25, 0.3) is 21.6 Å². The van der Waals surface area contributed by atoms with E-state index in [0.717, 1.165) is 20.8 Å². The van der Waals surface area contributed by atoms with Crippen molar-refractivity contribution in [1.82, 2.24) is 14.9 Å². The SMILES string of the molecule is C[C@@H]1CN(C(=O)CSc2nc(-c3cccs3)nc3ccccc23)C[C@H](C)O1. The first kappa shape index (κ1) is 18.4. The molecule has 2 atom stereocenters. The molecule has 0 spiro atoms.